The minimum absolute atomic E-state index is 0.0774. The van der Waals surface area contributed by atoms with Gasteiger partial charge in [0.25, 0.3) is 5.69 Å². The van der Waals surface area contributed by atoms with Gasteiger partial charge in [0.1, 0.15) is 0 Å². The molecule has 2 N–H and O–H groups in total. The first-order chi connectivity index (χ1) is 10.1. The molecular formula is C15H21ClN2O3. The fraction of sp³-hybridized carbons (Fsp3) is 0.600. The van der Waals surface area contributed by atoms with E-state index in [9.17, 15) is 15.2 Å². The predicted molar refractivity (Wildman–Crippen MR) is 82.4 cm³/mol. The summed E-state index contributed by atoms with van der Waals surface area (Å²) in [5, 5.41) is 24.4. The van der Waals surface area contributed by atoms with Crippen LogP contribution in [0.4, 0.5) is 5.69 Å². The maximum absolute atomic E-state index is 11.0. The lowest BCUT2D eigenvalue weighted by Crippen LogP contribution is -2.38. The summed E-state index contributed by atoms with van der Waals surface area (Å²) in [5.74, 6) is 0. The topological polar surface area (TPSA) is 75.4 Å². The number of nitrogens with one attached hydrogen (secondary N) is 1. The van der Waals surface area contributed by atoms with Crippen molar-refractivity contribution < 1.29 is 10.0 Å². The fourth-order valence-electron chi connectivity index (χ4n) is 3.03. The van der Waals surface area contributed by atoms with Crippen molar-refractivity contribution in [2.45, 2.75) is 38.6 Å². The third kappa shape index (κ3) is 4.15. The van der Waals surface area contributed by atoms with Crippen LogP contribution in [0.1, 0.15) is 37.7 Å². The molecular weight excluding hydrogens is 292 g/mol. The molecule has 0 aromatic heterocycles. The van der Waals surface area contributed by atoms with Crippen molar-refractivity contribution in [2.75, 3.05) is 13.2 Å². The molecule has 116 valence electrons. The van der Waals surface area contributed by atoms with E-state index in [0.29, 0.717) is 23.7 Å². The zero-order chi connectivity index (χ0) is 15.3. The number of benzene rings is 1. The van der Waals surface area contributed by atoms with Crippen LogP contribution in [0.25, 0.3) is 0 Å². The van der Waals surface area contributed by atoms with Crippen molar-refractivity contribution in [1.82, 2.24) is 5.32 Å². The first-order valence-corrected chi connectivity index (χ1v) is 7.68. The summed E-state index contributed by atoms with van der Waals surface area (Å²) in [4.78, 5) is 10.6. The van der Waals surface area contributed by atoms with Gasteiger partial charge in [0.15, 0.2) is 0 Å². The van der Waals surface area contributed by atoms with Gasteiger partial charge < -0.3 is 10.4 Å². The van der Waals surface area contributed by atoms with Crippen LogP contribution in [-0.4, -0.2) is 23.2 Å². The Balaban J connectivity index is 1.99. The highest BCUT2D eigenvalue weighted by Crippen LogP contribution is 2.35. The predicted octanol–water partition coefficient (Wildman–Crippen LogP) is 3.28. The normalized spacial score (nSPS) is 17.6. The number of hydrogen-bond donors (Lipinski definition) is 2. The van der Waals surface area contributed by atoms with E-state index in [-0.39, 0.29) is 17.7 Å². The molecule has 0 aliphatic heterocycles. The fourth-order valence-corrected chi connectivity index (χ4v) is 3.22. The molecule has 0 atom stereocenters. The summed E-state index contributed by atoms with van der Waals surface area (Å²) in [6, 6.07) is 4.58. The SMILES string of the molecule is O=[N+]([O-])c1ccc(Cl)cc1CNCC1(CO)CCCCC1. The smallest absolute Gasteiger partial charge is 0.273 e. The van der Waals surface area contributed by atoms with E-state index in [1.807, 2.05) is 0 Å². The van der Waals surface area contributed by atoms with E-state index in [4.69, 9.17) is 11.6 Å². The Kier molecular flexibility index (Phi) is 5.56. The van der Waals surface area contributed by atoms with E-state index >= 15 is 0 Å². The molecule has 1 fully saturated rings. The van der Waals surface area contributed by atoms with Crippen LogP contribution >= 0.6 is 11.6 Å². The van der Waals surface area contributed by atoms with E-state index in [0.717, 1.165) is 25.7 Å². The average molecular weight is 313 g/mol. The zero-order valence-corrected chi connectivity index (χ0v) is 12.7. The van der Waals surface area contributed by atoms with Gasteiger partial charge in [-0.3, -0.25) is 10.1 Å². The van der Waals surface area contributed by atoms with Crippen LogP contribution in [0.5, 0.6) is 0 Å². The average Bonchev–Trinajstić information content (AvgIpc) is 2.48. The number of nitro benzene ring substituents is 1. The van der Waals surface area contributed by atoms with Gasteiger partial charge in [0, 0.05) is 41.8 Å². The van der Waals surface area contributed by atoms with Gasteiger partial charge in [-0.1, -0.05) is 30.9 Å². The summed E-state index contributed by atoms with van der Waals surface area (Å²) < 4.78 is 0. The van der Waals surface area contributed by atoms with Crippen LogP contribution in [-0.2, 0) is 6.54 Å². The molecule has 0 spiro atoms. The Bertz CT molecular complexity index is 502. The molecule has 6 heteroatoms. The highest BCUT2D eigenvalue weighted by atomic mass is 35.5. The number of nitro groups is 1. The van der Waals surface area contributed by atoms with Crippen molar-refractivity contribution in [3.8, 4) is 0 Å². The summed E-state index contributed by atoms with van der Waals surface area (Å²) in [6.07, 6.45) is 5.52. The van der Waals surface area contributed by atoms with Crippen LogP contribution in [0.2, 0.25) is 5.02 Å². The molecule has 0 saturated heterocycles. The second-order valence-corrected chi connectivity index (χ2v) is 6.29. The van der Waals surface area contributed by atoms with Crippen molar-refractivity contribution in [3.63, 3.8) is 0 Å². The van der Waals surface area contributed by atoms with Crippen molar-refractivity contribution in [3.05, 3.63) is 38.9 Å². The number of hydrogen-bond acceptors (Lipinski definition) is 4. The Morgan fingerprint density at radius 1 is 1.33 bits per heavy atom. The van der Waals surface area contributed by atoms with Crippen molar-refractivity contribution in [1.29, 1.82) is 0 Å². The monoisotopic (exact) mass is 312 g/mol. The zero-order valence-electron chi connectivity index (χ0n) is 12.0. The largest absolute Gasteiger partial charge is 0.396 e. The summed E-state index contributed by atoms with van der Waals surface area (Å²) in [7, 11) is 0. The molecule has 1 aromatic carbocycles. The lowest BCUT2D eigenvalue weighted by molar-refractivity contribution is -0.385. The van der Waals surface area contributed by atoms with Gasteiger partial charge in [-0.25, -0.2) is 0 Å². The molecule has 5 nitrogen and oxygen atoms in total. The molecule has 1 aliphatic carbocycles. The van der Waals surface area contributed by atoms with Crippen LogP contribution < -0.4 is 5.32 Å². The van der Waals surface area contributed by atoms with E-state index in [1.165, 1.54) is 18.6 Å². The maximum atomic E-state index is 11.0. The van der Waals surface area contributed by atoms with Gasteiger partial charge in [0.2, 0.25) is 0 Å². The molecule has 0 amide bonds. The van der Waals surface area contributed by atoms with Crippen LogP contribution in [0.15, 0.2) is 18.2 Å². The highest BCUT2D eigenvalue weighted by molar-refractivity contribution is 6.30. The standard InChI is InChI=1S/C15H21ClN2O3/c16-13-4-5-14(18(20)21)12(8-13)9-17-10-15(11-19)6-2-1-3-7-15/h4-5,8,17,19H,1-3,6-7,9-11H2. The Hall–Kier alpha value is -1.17. The Morgan fingerprint density at radius 2 is 2.05 bits per heavy atom. The first kappa shape index (κ1) is 16.2. The molecule has 1 saturated carbocycles. The lowest BCUT2D eigenvalue weighted by Gasteiger charge is -2.35. The van der Waals surface area contributed by atoms with Gasteiger partial charge in [-0.15, -0.1) is 0 Å². The van der Waals surface area contributed by atoms with Gasteiger partial charge in [-0.05, 0) is 25.0 Å². The molecule has 2 rings (SSSR count). The van der Waals surface area contributed by atoms with Crippen LogP contribution in [0.3, 0.4) is 0 Å². The first-order valence-electron chi connectivity index (χ1n) is 7.31. The second kappa shape index (κ2) is 7.20. The number of rotatable bonds is 6. The quantitative estimate of drug-likeness (QED) is 0.624. The molecule has 0 radical (unpaired) electrons. The minimum atomic E-state index is -0.393. The Morgan fingerprint density at radius 3 is 2.67 bits per heavy atom. The van der Waals surface area contributed by atoms with Crippen molar-refractivity contribution >= 4 is 17.3 Å². The maximum Gasteiger partial charge on any atom is 0.273 e. The van der Waals surface area contributed by atoms with Gasteiger partial charge >= 0.3 is 0 Å². The molecule has 21 heavy (non-hydrogen) atoms. The van der Waals surface area contributed by atoms with Crippen LogP contribution in [0, 0.1) is 15.5 Å². The number of aliphatic hydroxyl groups excluding tert-OH is 1. The van der Waals surface area contributed by atoms with E-state index in [1.54, 1.807) is 6.07 Å². The second-order valence-electron chi connectivity index (χ2n) is 5.85. The number of aliphatic hydroxyl groups is 1. The van der Waals surface area contributed by atoms with Crippen molar-refractivity contribution in [2.24, 2.45) is 5.41 Å². The summed E-state index contributed by atoms with van der Waals surface area (Å²) in [6.45, 7) is 1.23. The van der Waals surface area contributed by atoms with Gasteiger partial charge in [0.05, 0.1) is 4.92 Å². The van der Waals surface area contributed by atoms with Gasteiger partial charge in [-0.2, -0.15) is 0 Å². The number of halogens is 1. The number of nitrogens with zero attached hydrogens (tertiary/aromatic N) is 1. The third-order valence-corrected chi connectivity index (χ3v) is 4.54. The summed E-state index contributed by atoms with van der Waals surface area (Å²) >= 11 is 5.91. The summed E-state index contributed by atoms with van der Waals surface area (Å²) in [5.41, 5.74) is 0.580. The minimum Gasteiger partial charge on any atom is -0.396 e. The third-order valence-electron chi connectivity index (χ3n) is 4.30. The lowest BCUT2D eigenvalue weighted by atomic mass is 9.74. The molecule has 0 unspecified atom stereocenters. The van der Waals surface area contributed by atoms with E-state index < -0.39 is 4.92 Å². The molecule has 0 bridgehead atoms. The molecule has 0 heterocycles. The molecule has 1 aromatic rings. The Labute approximate surface area is 129 Å². The molecule has 1 aliphatic rings. The highest BCUT2D eigenvalue weighted by Gasteiger charge is 2.31. The van der Waals surface area contributed by atoms with E-state index in [2.05, 4.69) is 5.32 Å².